The first-order valence-electron chi connectivity index (χ1n) is 5.09. The first kappa shape index (κ1) is 14.3. The average molecular weight is 265 g/mol. The van der Waals surface area contributed by atoms with Gasteiger partial charge in [0.1, 0.15) is 5.60 Å². The summed E-state index contributed by atoms with van der Waals surface area (Å²) in [5.41, 5.74) is -2.25. The minimum Gasteiger partial charge on any atom is -0.443 e. The molecule has 0 saturated heterocycles. The van der Waals surface area contributed by atoms with Gasteiger partial charge in [-0.3, -0.25) is 10.00 Å². The van der Waals surface area contributed by atoms with E-state index in [9.17, 15) is 18.0 Å². The van der Waals surface area contributed by atoms with Crippen molar-refractivity contribution in [2.75, 3.05) is 11.9 Å². The number of carbonyl (C=O) groups excluding carboxylic acids is 1. The van der Waals surface area contributed by atoms with Gasteiger partial charge in [-0.15, -0.1) is 0 Å². The number of aromatic nitrogens is 2. The Morgan fingerprint density at radius 2 is 1.94 bits per heavy atom. The predicted octanol–water partition coefficient (Wildman–Crippen LogP) is 2.80. The van der Waals surface area contributed by atoms with Gasteiger partial charge in [0.2, 0.25) is 0 Å². The standard InChI is InChI=1S/C10H14F3N3O2/c1-9(2,3)18-8(17)16(4)6-5-14-15-7(6)10(11,12)13/h5H,1-4H3,(H,14,15). The number of nitrogens with zero attached hydrogens (tertiary/aromatic N) is 2. The van der Waals surface area contributed by atoms with Gasteiger partial charge < -0.3 is 4.74 Å². The zero-order chi connectivity index (χ0) is 14.1. The van der Waals surface area contributed by atoms with Crippen LogP contribution in [0.5, 0.6) is 0 Å². The number of halogens is 3. The smallest absolute Gasteiger partial charge is 0.434 e. The Bertz CT molecular complexity index is 434. The van der Waals surface area contributed by atoms with E-state index < -0.39 is 23.6 Å². The molecule has 0 saturated carbocycles. The second-order valence-corrected chi connectivity index (χ2v) is 4.67. The van der Waals surface area contributed by atoms with E-state index in [0.29, 0.717) is 0 Å². The van der Waals surface area contributed by atoms with Crippen molar-refractivity contribution in [1.29, 1.82) is 0 Å². The minimum absolute atomic E-state index is 0.378. The number of nitrogens with one attached hydrogen (secondary N) is 1. The number of ether oxygens (including phenoxy) is 1. The van der Waals surface area contributed by atoms with Crippen molar-refractivity contribution >= 4 is 11.8 Å². The zero-order valence-corrected chi connectivity index (χ0v) is 10.4. The lowest BCUT2D eigenvalue weighted by Crippen LogP contribution is -2.34. The molecule has 18 heavy (non-hydrogen) atoms. The number of H-pyrrole nitrogens is 1. The first-order chi connectivity index (χ1) is 8.02. The molecule has 0 fully saturated rings. The van der Waals surface area contributed by atoms with Crippen LogP contribution in [0.4, 0.5) is 23.7 Å². The van der Waals surface area contributed by atoms with E-state index in [1.54, 1.807) is 20.8 Å². The van der Waals surface area contributed by atoms with Crippen LogP contribution >= 0.6 is 0 Å². The van der Waals surface area contributed by atoms with E-state index in [4.69, 9.17) is 4.74 Å². The number of amides is 1. The number of alkyl halides is 3. The molecule has 1 heterocycles. The summed E-state index contributed by atoms with van der Waals surface area (Å²) in [5, 5.41) is 5.11. The molecule has 1 N–H and O–H groups in total. The minimum atomic E-state index is -4.61. The maximum atomic E-state index is 12.6. The molecule has 0 aliphatic heterocycles. The van der Waals surface area contributed by atoms with Crippen LogP contribution in [-0.4, -0.2) is 28.9 Å². The number of carbonyl (C=O) groups is 1. The van der Waals surface area contributed by atoms with Gasteiger partial charge in [-0.25, -0.2) is 4.79 Å². The second kappa shape index (κ2) is 4.51. The van der Waals surface area contributed by atoms with E-state index in [2.05, 4.69) is 5.10 Å². The molecule has 8 heteroatoms. The number of anilines is 1. The summed E-state index contributed by atoms with van der Waals surface area (Å²) >= 11 is 0. The van der Waals surface area contributed by atoms with Crippen LogP contribution in [0.25, 0.3) is 0 Å². The van der Waals surface area contributed by atoms with E-state index in [1.807, 2.05) is 5.10 Å². The van der Waals surface area contributed by atoms with Crippen molar-refractivity contribution in [1.82, 2.24) is 10.2 Å². The Morgan fingerprint density at radius 3 is 2.39 bits per heavy atom. The summed E-state index contributed by atoms with van der Waals surface area (Å²) in [6, 6.07) is 0. The second-order valence-electron chi connectivity index (χ2n) is 4.67. The molecule has 0 aromatic carbocycles. The molecule has 0 aliphatic rings. The Labute approximate surface area is 102 Å². The van der Waals surface area contributed by atoms with Crippen LogP contribution in [0.1, 0.15) is 26.5 Å². The molecule has 0 unspecified atom stereocenters. The van der Waals surface area contributed by atoms with Gasteiger partial charge in [0, 0.05) is 7.05 Å². The normalized spacial score (nSPS) is 12.4. The van der Waals surface area contributed by atoms with Crippen molar-refractivity contribution < 1.29 is 22.7 Å². The van der Waals surface area contributed by atoms with Crippen LogP contribution in [0.15, 0.2) is 6.20 Å². The van der Waals surface area contributed by atoms with Crippen LogP contribution in [-0.2, 0) is 10.9 Å². The van der Waals surface area contributed by atoms with E-state index in [1.165, 1.54) is 7.05 Å². The van der Waals surface area contributed by atoms with Gasteiger partial charge in [-0.1, -0.05) is 0 Å². The van der Waals surface area contributed by atoms with Crippen molar-refractivity contribution in [2.24, 2.45) is 0 Å². The average Bonchev–Trinajstić information content (AvgIpc) is 2.60. The monoisotopic (exact) mass is 265 g/mol. The maximum absolute atomic E-state index is 12.6. The molecule has 0 bridgehead atoms. The largest absolute Gasteiger partial charge is 0.443 e. The number of rotatable bonds is 1. The Balaban J connectivity index is 2.95. The number of hydrogen-bond donors (Lipinski definition) is 1. The first-order valence-corrected chi connectivity index (χ1v) is 5.09. The quantitative estimate of drug-likeness (QED) is 0.849. The topological polar surface area (TPSA) is 58.2 Å². The fourth-order valence-corrected chi connectivity index (χ4v) is 1.17. The highest BCUT2D eigenvalue weighted by atomic mass is 19.4. The summed E-state index contributed by atoms with van der Waals surface area (Å²) in [7, 11) is 1.19. The predicted molar refractivity (Wildman–Crippen MR) is 58.2 cm³/mol. The highest BCUT2D eigenvalue weighted by Gasteiger charge is 2.38. The molecule has 1 aromatic heterocycles. The molecule has 102 valence electrons. The van der Waals surface area contributed by atoms with E-state index in [0.717, 1.165) is 11.1 Å². The van der Waals surface area contributed by atoms with Gasteiger partial charge in [-0.2, -0.15) is 18.3 Å². The van der Waals surface area contributed by atoms with E-state index >= 15 is 0 Å². The van der Waals surface area contributed by atoms with Gasteiger partial charge in [0.25, 0.3) is 0 Å². The Hall–Kier alpha value is -1.73. The van der Waals surface area contributed by atoms with Crippen molar-refractivity contribution in [3.05, 3.63) is 11.9 Å². The highest BCUT2D eigenvalue weighted by molar-refractivity contribution is 5.87. The van der Waals surface area contributed by atoms with Crippen LogP contribution in [0, 0.1) is 0 Å². The summed E-state index contributed by atoms with van der Waals surface area (Å²) in [6.07, 6.45) is -4.57. The van der Waals surface area contributed by atoms with Crippen LogP contribution in [0.3, 0.4) is 0 Å². The molecule has 5 nitrogen and oxygen atoms in total. The maximum Gasteiger partial charge on any atom is 0.434 e. The number of aromatic amines is 1. The molecule has 1 rings (SSSR count). The van der Waals surface area contributed by atoms with Crippen molar-refractivity contribution in [3.63, 3.8) is 0 Å². The Morgan fingerprint density at radius 1 is 1.39 bits per heavy atom. The highest BCUT2D eigenvalue weighted by Crippen LogP contribution is 2.34. The van der Waals surface area contributed by atoms with Crippen LogP contribution in [0.2, 0.25) is 0 Å². The third-order valence-corrected chi connectivity index (χ3v) is 1.93. The fraction of sp³-hybridized carbons (Fsp3) is 0.600. The van der Waals surface area contributed by atoms with Gasteiger partial charge in [0.15, 0.2) is 5.69 Å². The van der Waals surface area contributed by atoms with Crippen LogP contribution < -0.4 is 4.90 Å². The molecule has 0 radical (unpaired) electrons. The molecular weight excluding hydrogens is 251 g/mol. The summed E-state index contributed by atoms with van der Waals surface area (Å²) in [6.45, 7) is 4.87. The lowest BCUT2D eigenvalue weighted by atomic mass is 10.2. The molecule has 1 amide bonds. The lowest BCUT2D eigenvalue weighted by Gasteiger charge is -2.24. The van der Waals surface area contributed by atoms with E-state index in [-0.39, 0.29) is 5.69 Å². The summed E-state index contributed by atoms with van der Waals surface area (Å²) < 4.78 is 42.7. The summed E-state index contributed by atoms with van der Waals surface area (Å²) in [5.74, 6) is 0. The van der Waals surface area contributed by atoms with Gasteiger partial charge in [0.05, 0.1) is 11.9 Å². The summed E-state index contributed by atoms with van der Waals surface area (Å²) in [4.78, 5) is 12.4. The third kappa shape index (κ3) is 3.38. The molecule has 0 atom stereocenters. The molecule has 0 aliphatic carbocycles. The zero-order valence-electron chi connectivity index (χ0n) is 10.4. The van der Waals surface area contributed by atoms with Crippen molar-refractivity contribution in [2.45, 2.75) is 32.5 Å². The SMILES string of the molecule is CN(C(=O)OC(C)(C)C)c1cn[nH]c1C(F)(F)F. The molecule has 1 aromatic rings. The van der Waals surface area contributed by atoms with Crippen molar-refractivity contribution in [3.8, 4) is 0 Å². The Kier molecular flexibility index (Phi) is 3.59. The molecular formula is C10H14F3N3O2. The molecule has 0 spiro atoms. The third-order valence-electron chi connectivity index (χ3n) is 1.93. The fourth-order valence-electron chi connectivity index (χ4n) is 1.17. The lowest BCUT2D eigenvalue weighted by molar-refractivity contribution is -0.140. The van der Waals surface area contributed by atoms with Gasteiger partial charge >= 0.3 is 12.3 Å². The van der Waals surface area contributed by atoms with Gasteiger partial charge in [-0.05, 0) is 20.8 Å². The number of hydrogen-bond acceptors (Lipinski definition) is 3.